The van der Waals surface area contributed by atoms with E-state index >= 15 is 0 Å². The summed E-state index contributed by atoms with van der Waals surface area (Å²) in [5, 5.41) is 0. The third-order valence-corrected chi connectivity index (χ3v) is 3.76. The highest BCUT2D eigenvalue weighted by Crippen LogP contribution is 2.24. The Morgan fingerprint density at radius 3 is 2.74 bits per heavy atom. The zero-order chi connectivity index (χ0) is 13.7. The summed E-state index contributed by atoms with van der Waals surface area (Å²) in [6, 6.07) is 3.46. The van der Waals surface area contributed by atoms with Gasteiger partial charge in [0.2, 0.25) is 0 Å². The lowest BCUT2D eigenvalue weighted by molar-refractivity contribution is 0.0760. The van der Waals surface area contributed by atoms with Gasteiger partial charge in [-0.2, -0.15) is 0 Å². The van der Waals surface area contributed by atoms with Crippen LogP contribution in [0.4, 0.5) is 5.82 Å². The summed E-state index contributed by atoms with van der Waals surface area (Å²) in [7, 11) is 1.87. The van der Waals surface area contributed by atoms with Gasteiger partial charge in [-0.25, -0.2) is 10.8 Å². The predicted molar refractivity (Wildman–Crippen MR) is 75.6 cm³/mol. The molecule has 0 bridgehead atoms. The van der Waals surface area contributed by atoms with Crippen molar-refractivity contribution in [2.24, 2.45) is 11.8 Å². The van der Waals surface area contributed by atoms with E-state index in [0.717, 1.165) is 6.54 Å². The van der Waals surface area contributed by atoms with E-state index in [1.807, 2.05) is 11.9 Å². The summed E-state index contributed by atoms with van der Waals surface area (Å²) in [4.78, 5) is 18.1. The molecule has 1 aliphatic rings. The maximum atomic E-state index is 12.3. The van der Waals surface area contributed by atoms with E-state index in [9.17, 15) is 4.79 Å². The molecule has 1 heterocycles. The van der Waals surface area contributed by atoms with Gasteiger partial charge in [0.15, 0.2) is 0 Å². The largest absolute Gasteiger partial charge is 0.341 e. The molecule has 1 aromatic heterocycles. The van der Waals surface area contributed by atoms with Gasteiger partial charge in [-0.05, 0) is 30.9 Å². The number of carbonyl (C=O) groups is 1. The number of carbonyl (C=O) groups excluding carboxylic acids is 1. The zero-order valence-electron chi connectivity index (χ0n) is 11.4. The molecule has 5 heteroatoms. The fourth-order valence-electron chi connectivity index (χ4n) is 2.67. The van der Waals surface area contributed by atoms with E-state index in [0.29, 0.717) is 17.3 Å². The Hall–Kier alpha value is -1.62. The molecule has 5 nitrogen and oxygen atoms in total. The molecule has 1 aliphatic carbocycles. The predicted octanol–water partition coefficient (Wildman–Crippen LogP) is 2.02. The highest BCUT2D eigenvalue weighted by Gasteiger charge is 2.19. The van der Waals surface area contributed by atoms with Gasteiger partial charge < -0.3 is 10.3 Å². The van der Waals surface area contributed by atoms with Gasteiger partial charge in [-0.3, -0.25) is 4.79 Å². The second-order valence-electron chi connectivity index (χ2n) is 5.27. The molecule has 1 fully saturated rings. The molecule has 0 saturated heterocycles. The number of pyridine rings is 1. The number of nitrogens with one attached hydrogen (secondary N) is 1. The van der Waals surface area contributed by atoms with Crippen LogP contribution in [0.5, 0.6) is 0 Å². The molecule has 3 N–H and O–H groups in total. The Balaban J connectivity index is 1.93. The number of hydrogen-bond donors (Lipinski definition) is 2. The van der Waals surface area contributed by atoms with Gasteiger partial charge in [0.05, 0.1) is 5.56 Å². The number of hydrogen-bond acceptors (Lipinski definition) is 4. The molecular weight excluding hydrogens is 240 g/mol. The average molecular weight is 262 g/mol. The molecule has 0 aromatic carbocycles. The lowest BCUT2D eigenvalue weighted by Crippen LogP contribution is -2.32. The second kappa shape index (κ2) is 6.52. The molecular formula is C14H22N4O. The van der Waals surface area contributed by atoms with Crippen LogP contribution in [0.25, 0.3) is 0 Å². The van der Waals surface area contributed by atoms with Crippen molar-refractivity contribution in [3.8, 4) is 0 Å². The summed E-state index contributed by atoms with van der Waals surface area (Å²) in [6.07, 6.45) is 7.98. The Morgan fingerprint density at radius 2 is 2.16 bits per heavy atom. The first-order valence-electron chi connectivity index (χ1n) is 6.89. The molecule has 0 spiro atoms. The van der Waals surface area contributed by atoms with Crippen molar-refractivity contribution in [3.05, 3.63) is 23.9 Å². The Labute approximate surface area is 114 Å². The third-order valence-electron chi connectivity index (χ3n) is 3.76. The zero-order valence-corrected chi connectivity index (χ0v) is 11.4. The van der Waals surface area contributed by atoms with Crippen molar-refractivity contribution in [1.29, 1.82) is 0 Å². The van der Waals surface area contributed by atoms with Crippen molar-refractivity contribution in [1.82, 2.24) is 9.88 Å². The van der Waals surface area contributed by atoms with Crippen molar-refractivity contribution >= 4 is 11.7 Å². The van der Waals surface area contributed by atoms with E-state index in [1.165, 1.54) is 32.1 Å². The Morgan fingerprint density at radius 1 is 1.42 bits per heavy atom. The summed E-state index contributed by atoms with van der Waals surface area (Å²) in [5.74, 6) is 6.50. The fraction of sp³-hybridized carbons (Fsp3) is 0.571. The highest BCUT2D eigenvalue weighted by atomic mass is 16.2. The summed E-state index contributed by atoms with van der Waals surface area (Å²) < 4.78 is 0. The maximum Gasteiger partial charge on any atom is 0.255 e. The monoisotopic (exact) mass is 262 g/mol. The van der Waals surface area contributed by atoms with Gasteiger partial charge in [-0.15, -0.1) is 0 Å². The summed E-state index contributed by atoms with van der Waals surface area (Å²) in [6.45, 7) is 0.843. The molecule has 0 unspecified atom stereocenters. The molecule has 0 aliphatic heterocycles. The molecule has 1 saturated carbocycles. The first-order valence-corrected chi connectivity index (χ1v) is 6.89. The average Bonchev–Trinajstić information content (AvgIpc) is 2.47. The van der Waals surface area contributed by atoms with Crippen molar-refractivity contribution in [2.75, 3.05) is 19.0 Å². The third kappa shape index (κ3) is 3.67. The van der Waals surface area contributed by atoms with Gasteiger partial charge in [0.25, 0.3) is 5.91 Å². The lowest BCUT2D eigenvalue weighted by Gasteiger charge is -2.27. The second-order valence-corrected chi connectivity index (χ2v) is 5.27. The van der Waals surface area contributed by atoms with Gasteiger partial charge in [0, 0.05) is 19.8 Å². The molecule has 1 amide bonds. The molecule has 0 radical (unpaired) electrons. The number of nitrogens with two attached hydrogens (primary N) is 1. The van der Waals surface area contributed by atoms with E-state index in [4.69, 9.17) is 5.84 Å². The SMILES string of the molecule is CN(CC1CCCCC1)C(=O)c1ccc(NN)nc1. The quantitative estimate of drug-likeness (QED) is 0.643. The minimum absolute atomic E-state index is 0.0293. The number of aromatic nitrogens is 1. The molecule has 2 rings (SSSR count). The fourth-order valence-corrected chi connectivity index (χ4v) is 2.67. The topological polar surface area (TPSA) is 71.2 Å². The molecule has 0 atom stereocenters. The van der Waals surface area contributed by atoms with Crippen molar-refractivity contribution in [3.63, 3.8) is 0 Å². The number of hydrazine groups is 1. The Kier molecular flexibility index (Phi) is 4.74. The number of anilines is 1. The van der Waals surface area contributed by atoms with E-state index in [2.05, 4.69) is 10.4 Å². The van der Waals surface area contributed by atoms with Crippen LogP contribution in [0.15, 0.2) is 18.3 Å². The standard InChI is InChI=1S/C14H22N4O/c1-18(10-11-5-3-2-4-6-11)14(19)12-7-8-13(17-15)16-9-12/h7-9,11H,2-6,10,15H2,1H3,(H,16,17). The normalized spacial score (nSPS) is 16.1. The number of amides is 1. The van der Waals surface area contributed by atoms with Crippen LogP contribution in [0.1, 0.15) is 42.5 Å². The van der Waals surface area contributed by atoms with E-state index < -0.39 is 0 Å². The molecule has 1 aromatic rings. The molecule has 19 heavy (non-hydrogen) atoms. The smallest absolute Gasteiger partial charge is 0.255 e. The van der Waals surface area contributed by atoms with Crippen LogP contribution in [0.2, 0.25) is 0 Å². The van der Waals surface area contributed by atoms with Crippen LogP contribution < -0.4 is 11.3 Å². The van der Waals surface area contributed by atoms with Crippen LogP contribution in [0, 0.1) is 5.92 Å². The summed E-state index contributed by atoms with van der Waals surface area (Å²) >= 11 is 0. The van der Waals surface area contributed by atoms with Crippen LogP contribution in [-0.2, 0) is 0 Å². The minimum atomic E-state index is 0.0293. The van der Waals surface area contributed by atoms with Gasteiger partial charge in [0.1, 0.15) is 5.82 Å². The first-order chi connectivity index (χ1) is 9.20. The molecule has 104 valence electrons. The van der Waals surface area contributed by atoms with E-state index in [1.54, 1.807) is 18.3 Å². The summed E-state index contributed by atoms with van der Waals surface area (Å²) in [5.41, 5.74) is 3.06. The van der Waals surface area contributed by atoms with Crippen molar-refractivity contribution < 1.29 is 4.79 Å². The number of rotatable bonds is 4. The van der Waals surface area contributed by atoms with Crippen LogP contribution in [0.3, 0.4) is 0 Å². The Bertz CT molecular complexity index is 412. The lowest BCUT2D eigenvalue weighted by atomic mass is 9.89. The van der Waals surface area contributed by atoms with Gasteiger partial charge in [-0.1, -0.05) is 19.3 Å². The van der Waals surface area contributed by atoms with E-state index in [-0.39, 0.29) is 5.91 Å². The first kappa shape index (κ1) is 13.8. The van der Waals surface area contributed by atoms with Crippen molar-refractivity contribution in [2.45, 2.75) is 32.1 Å². The maximum absolute atomic E-state index is 12.3. The highest BCUT2D eigenvalue weighted by molar-refractivity contribution is 5.93. The minimum Gasteiger partial charge on any atom is -0.341 e. The number of nitrogen functional groups attached to an aromatic ring is 1. The van der Waals surface area contributed by atoms with Gasteiger partial charge >= 0.3 is 0 Å². The number of nitrogens with zero attached hydrogens (tertiary/aromatic N) is 2. The van der Waals surface area contributed by atoms with Crippen LogP contribution >= 0.6 is 0 Å². The van der Waals surface area contributed by atoms with Crippen LogP contribution in [-0.4, -0.2) is 29.4 Å².